The lowest BCUT2D eigenvalue weighted by Gasteiger charge is -2.30. The van der Waals surface area contributed by atoms with Crippen LogP contribution in [0, 0.1) is 0 Å². The van der Waals surface area contributed by atoms with Gasteiger partial charge in [-0.05, 0) is 24.3 Å². The summed E-state index contributed by atoms with van der Waals surface area (Å²) in [6.07, 6.45) is 0. The van der Waals surface area contributed by atoms with Gasteiger partial charge in [-0.15, -0.1) is 10.2 Å². The monoisotopic (exact) mass is 431 g/mol. The molecule has 8 heteroatoms. The lowest BCUT2D eigenvalue weighted by Crippen LogP contribution is -2.30. The van der Waals surface area contributed by atoms with Gasteiger partial charge in [0.2, 0.25) is 11.1 Å². The van der Waals surface area contributed by atoms with Crippen molar-refractivity contribution in [2.45, 2.75) is 14.9 Å². The van der Waals surface area contributed by atoms with E-state index in [2.05, 4.69) is 10.2 Å². The third-order valence-corrected chi connectivity index (χ3v) is 6.76. The molecule has 6 nitrogen and oxygen atoms in total. The highest BCUT2D eigenvalue weighted by molar-refractivity contribution is 8.00. The lowest BCUT2D eigenvalue weighted by atomic mass is 10.2. The SMILES string of the molecule is Nn1c(SCC(=O)N2c3ccccc3Sc3ccccc32)nnc1-c1ccccc1. The Morgan fingerprint density at radius 1 is 0.867 bits per heavy atom. The molecule has 0 saturated heterocycles. The van der Waals surface area contributed by atoms with Crippen LogP contribution < -0.4 is 10.7 Å². The van der Waals surface area contributed by atoms with Crippen LogP contribution in [0.3, 0.4) is 0 Å². The number of thioether (sulfide) groups is 1. The number of carbonyl (C=O) groups excluding carboxylic acids is 1. The minimum Gasteiger partial charge on any atom is -0.335 e. The third-order valence-electron chi connectivity index (χ3n) is 4.70. The average molecular weight is 432 g/mol. The number of nitrogen functional groups attached to an aromatic ring is 1. The smallest absolute Gasteiger partial charge is 0.242 e. The number of benzene rings is 3. The van der Waals surface area contributed by atoms with Crippen molar-refractivity contribution in [1.29, 1.82) is 0 Å². The summed E-state index contributed by atoms with van der Waals surface area (Å²) in [6, 6.07) is 25.5. The molecule has 0 atom stereocenters. The van der Waals surface area contributed by atoms with Crippen LogP contribution in [-0.2, 0) is 4.79 Å². The van der Waals surface area contributed by atoms with Crippen LogP contribution in [0.15, 0.2) is 93.8 Å². The number of hydrogen-bond donors (Lipinski definition) is 1. The van der Waals surface area contributed by atoms with Crippen molar-refractivity contribution >= 4 is 40.8 Å². The number of para-hydroxylation sites is 2. The van der Waals surface area contributed by atoms with Gasteiger partial charge >= 0.3 is 0 Å². The fourth-order valence-corrected chi connectivity index (χ4v) is 5.09. The Bertz CT molecular complexity index is 1180. The number of rotatable bonds is 4. The van der Waals surface area contributed by atoms with Gasteiger partial charge in [-0.2, -0.15) is 0 Å². The second-order valence-corrected chi connectivity index (χ2v) is 8.62. The molecule has 1 aliphatic heterocycles. The van der Waals surface area contributed by atoms with E-state index in [9.17, 15) is 4.79 Å². The maximum absolute atomic E-state index is 13.3. The van der Waals surface area contributed by atoms with E-state index >= 15 is 0 Å². The first-order valence-electron chi connectivity index (χ1n) is 9.30. The predicted molar refractivity (Wildman–Crippen MR) is 120 cm³/mol. The molecule has 0 spiro atoms. The second-order valence-electron chi connectivity index (χ2n) is 6.60. The minimum absolute atomic E-state index is 0.0375. The molecule has 1 aliphatic rings. The van der Waals surface area contributed by atoms with Crippen LogP contribution in [0.25, 0.3) is 11.4 Å². The summed E-state index contributed by atoms with van der Waals surface area (Å²) >= 11 is 2.95. The van der Waals surface area contributed by atoms with Gasteiger partial charge in [-0.25, -0.2) is 4.68 Å². The van der Waals surface area contributed by atoms with Crippen molar-refractivity contribution in [1.82, 2.24) is 14.9 Å². The number of nitrogens with two attached hydrogens (primary N) is 1. The van der Waals surface area contributed by atoms with Gasteiger partial charge in [0.15, 0.2) is 5.82 Å². The highest BCUT2D eigenvalue weighted by atomic mass is 32.2. The van der Waals surface area contributed by atoms with Gasteiger partial charge in [0, 0.05) is 15.4 Å². The molecule has 0 saturated carbocycles. The molecule has 0 unspecified atom stereocenters. The van der Waals surface area contributed by atoms with Crippen LogP contribution in [0.2, 0.25) is 0 Å². The van der Waals surface area contributed by atoms with Crippen LogP contribution >= 0.6 is 23.5 Å². The molecule has 0 fully saturated rings. The second kappa shape index (κ2) is 7.89. The Labute approximate surface area is 182 Å². The van der Waals surface area contributed by atoms with Gasteiger partial charge in [0.1, 0.15) is 0 Å². The van der Waals surface area contributed by atoms with Crippen molar-refractivity contribution in [2.75, 3.05) is 16.5 Å². The molecule has 148 valence electrons. The zero-order valence-electron chi connectivity index (χ0n) is 15.8. The molecule has 4 aromatic rings. The molecule has 0 radical (unpaired) electrons. The summed E-state index contributed by atoms with van der Waals surface area (Å²) in [4.78, 5) is 17.2. The Balaban J connectivity index is 1.40. The third kappa shape index (κ3) is 3.34. The van der Waals surface area contributed by atoms with E-state index in [0.29, 0.717) is 11.0 Å². The van der Waals surface area contributed by atoms with E-state index in [-0.39, 0.29) is 11.7 Å². The number of aromatic nitrogens is 3. The van der Waals surface area contributed by atoms with E-state index in [4.69, 9.17) is 5.84 Å². The Morgan fingerprint density at radius 3 is 2.13 bits per heavy atom. The molecular formula is C22H17N5OS2. The molecule has 2 N–H and O–H groups in total. The first-order chi connectivity index (χ1) is 14.7. The molecule has 3 aromatic carbocycles. The molecule has 2 heterocycles. The number of hydrogen-bond acceptors (Lipinski definition) is 6. The average Bonchev–Trinajstić information content (AvgIpc) is 3.16. The van der Waals surface area contributed by atoms with E-state index in [1.807, 2.05) is 78.9 Å². The van der Waals surface area contributed by atoms with Crippen LogP contribution in [0.1, 0.15) is 0 Å². The first-order valence-corrected chi connectivity index (χ1v) is 11.1. The first kappa shape index (κ1) is 18.8. The summed E-state index contributed by atoms with van der Waals surface area (Å²) in [5, 5.41) is 8.86. The summed E-state index contributed by atoms with van der Waals surface area (Å²) in [5.41, 5.74) is 2.67. The van der Waals surface area contributed by atoms with Crippen LogP contribution in [-0.4, -0.2) is 26.5 Å². The summed E-state index contributed by atoms with van der Waals surface area (Å²) in [6.45, 7) is 0. The maximum atomic E-state index is 13.3. The highest BCUT2D eigenvalue weighted by Gasteiger charge is 2.28. The number of anilines is 2. The van der Waals surface area contributed by atoms with Crippen molar-refractivity contribution in [2.24, 2.45) is 0 Å². The topological polar surface area (TPSA) is 77.0 Å². The largest absolute Gasteiger partial charge is 0.335 e. The lowest BCUT2D eigenvalue weighted by molar-refractivity contribution is -0.115. The van der Waals surface area contributed by atoms with Crippen molar-refractivity contribution in [3.63, 3.8) is 0 Å². The van der Waals surface area contributed by atoms with Crippen molar-refractivity contribution in [3.8, 4) is 11.4 Å². The predicted octanol–water partition coefficient (Wildman–Crippen LogP) is 4.58. The fourth-order valence-electron chi connectivity index (χ4n) is 3.32. The van der Waals surface area contributed by atoms with Crippen LogP contribution in [0.4, 0.5) is 11.4 Å². The zero-order valence-corrected chi connectivity index (χ0v) is 17.4. The molecule has 30 heavy (non-hydrogen) atoms. The van der Waals surface area contributed by atoms with Crippen molar-refractivity contribution < 1.29 is 4.79 Å². The summed E-state index contributed by atoms with van der Waals surface area (Å²) in [5.74, 6) is 6.92. The van der Waals surface area contributed by atoms with Gasteiger partial charge in [0.05, 0.1) is 17.1 Å². The normalized spacial score (nSPS) is 12.3. The molecule has 1 amide bonds. The van der Waals surface area contributed by atoms with Crippen molar-refractivity contribution in [3.05, 3.63) is 78.9 Å². The highest BCUT2D eigenvalue weighted by Crippen LogP contribution is 2.48. The van der Waals surface area contributed by atoms with E-state index in [1.165, 1.54) is 16.4 Å². The zero-order chi connectivity index (χ0) is 20.5. The standard InChI is InChI=1S/C22H17N5OS2/c23-27-21(15-8-2-1-3-9-15)24-25-22(27)29-14-20(28)26-16-10-4-6-12-18(16)30-19-13-7-5-11-17(19)26/h1-13H,14,23H2. The van der Waals surface area contributed by atoms with Crippen LogP contribution in [0.5, 0.6) is 0 Å². The van der Waals surface area contributed by atoms with Gasteiger partial charge in [0.25, 0.3) is 0 Å². The minimum atomic E-state index is -0.0375. The Morgan fingerprint density at radius 2 is 1.47 bits per heavy atom. The Hall–Kier alpha value is -3.23. The fraction of sp³-hybridized carbons (Fsp3) is 0.0455. The maximum Gasteiger partial charge on any atom is 0.242 e. The molecule has 5 rings (SSSR count). The quantitative estimate of drug-likeness (QED) is 0.376. The van der Waals surface area contributed by atoms with E-state index < -0.39 is 0 Å². The molecular weight excluding hydrogens is 414 g/mol. The molecule has 0 aliphatic carbocycles. The molecule has 0 bridgehead atoms. The number of carbonyl (C=O) groups is 1. The Kier molecular flexibility index (Phi) is 4.94. The van der Waals surface area contributed by atoms with E-state index in [1.54, 1.807) is 16.7 Å². The number of fused-ring (bicyclic) bond motifs is 2. The number of amides is 1. The van der Waals surface area contributed by atoms with Gasteiger partial charge in [-0.1, -0.05) is 78.1 Å². The van der Waals surface area contributed by atoms with Gasteiger partial charge < -0.3 is 5.84 Å². The van der Waals surface area contributed by atoms with Gasteiger partial charge in [-0.3, -0.25) is 9.69 Å². The van der Waals surface area contributed by atoms with E-state index in [0.717, 1.165) is 26.7 Å². The summed E-state index contributed by atoms with van der Waals surface area (Å²) < 4.78 is 1.43. The molecule has 1 aromatic heterocycles. The number of nitrogens with zero attached hydrogens (tertiary/aromatic N) is 4. The summed E-state index contributed by atoms with van der Waals surface area (Å²) in [7, 11) is 0.